The summed E-state index contributed by atoms with van der Waals surface area (Å²) in [7, 11) is 1.62. The third kappa shape index (κ3) is 5.67. The minimum Gasteiger partial charge on any atom is -0.493 e. The molecule has 0 aromatic heterocycles. The normalized spacial score (nSPS) is 25.2. The molecule has 0 radical (unpaired) electrons. The molecule has 2 aromatic carbocycles. The summed E-state index contributed by atoms with van der Waals surface area (Å²) in [6.07, 6.45) is 3.45. The molecule has 1 saturated carbocycles. The zero-order valence-electron chi connectivity index (χ0n) is 19.5. The number of aliphatic hydroxyl groups is 1. The van der Waals surface area contributed by atoms with Gasteiger partial charge in [0.1, 0.15) is 12.7 Å². The molecule has 6 heteroatoms. The molecule has 176 valence electrons. The van der Waals surface area contributed by atoms with E-state index in [-0.39, 0.29) is 12.0 Å². The van der Waals surface area contributed by atoms with Crippen molar-refractivity contribution in [2.75, 3.05) is 46.4 Å². The number of piperazine rings is 1. The highest BCUT2D eigenvalue weighted by Crippen LogP contribution is 2.40. The molecule has 1 saturated heterocycles. The van der Waals surface area contributed by atoms with Crippen molar-refractivity contribution < 1.29 is 14.6 Å². The van der Waals surface area contributed by atoms with Crippen LogP contribution in [-0.4, -0.2) is 73.5 Å². The molecule has 1 unspecified atom stereocenters. The van der Waals surface area contributed by atoms with Crippen LogP contribution in [0.3, 0.4) is 0 Å². The van der Waals surface area contributed by atoms with Gasteiger partial charge in [0.05, 0.1) is 18.6 Å². The summed E-state index contributed by atoms with van der Waals surface area (Å²) in [4.78, 5) is 4.90. The molecule has 1 aliphatic heterocycles. The van der Waals surface area contributed by atoms with Crippen LogP contribution in [0.1, 0.15) is 31.2 Å². The molecule has 33 heavy (non-hydrogen) atoms. The van der Waals surface area contributed by atoms with E-state index in [1.54, 1.807) is 7.11 Å². The molecule has 2 aromatic rings. The third-order valence-electron chi connectivity index (χ3n) is 7.24. The molecule has 4 rings (SSSR count). The van der Waals surface area contributed by atoms with Gasteiger partial charge in [-0.15, -0.1) is 0 Å². The van der Waals surface area contributed by atoms with Crippen LogP contribution in [0.4, 0.5) is 0 Å². The summed E-state index contributed by atoms with van der Waals surface area (Å²) in [5, 5.41) is 20.4. The number of methoxy groups -OCH3 is 1. The Morgan fingerprint density at radius 3 is 2.27 bits per heavy atom. The van der Waals surface area contributed by atoms with Crippen molar-refractivity contribution in [3.05, 3.63) is 60.2 Å². The smallest absolute Gasteiger partial charge is 0.161 e. The van der Waals surface area contributed by atoms with Crippen LogP contribution in [0.15, 0.2) is 54.6 Å². The van der Waals surface area contributed by atoms with Crippen molar-refractivity contribution >= 4 is 0 Å². The third-order valence-corrected chi connectivity index (χ3v) is 7.24. The van der Waals surface area contributed by atoms with E-state index >= 15 is 0 Å². The lowest BCUT2D eigenvalue weighted by Crippen LogP contribution is -2.53. The minimum absolute atomic E-state index is 0.249. The Bertz CT molecular complexity index is 914. The van der Waals surface area contributed by atoms with Crippen molar-refractivity contribution in [1.82, 2.24) is 9.80 Å². The Balaban J connectivity index is 1.21. The van der Waals surface area contributed by atoms with Crippen molar-refractivity contribution in [2.45, 2.75) is 43.2 Å². The molecule has 1 heterocycles. The van der Waals surface area contributed by atoms with E-state index < -0.39 is 6.10 Å². The van der Waals surface area contributed by atoms with E-state index in [9.17, 15) is 10.4 Å². The summed E-state index contributed by atoms with van der Waals surface area (Å²) in [5.41, 5.74) is 0.839. The van der Waals surface area contributed by atoms with Crippen LogP contribution in [0, 0.1) is 11.3 Å². The lowest BCUT2D eigenvalue weighted by atomic mass is 9.69. The van der Waals surface area contributed by atoms with Gasteiger partial charge in [-0.3, -0.25) is 9.80 Å². The lowest BCUT2D eigenvalue weighted by Gasteiger charge is -2.44. The SMILES string of the molecule is COc1ccccc1OCC(O)CN1CCN(C2CCC(C#N)(c3ccccc3)CC2)CC1. The first-order valence-electron chi connectivity index (χ1n) is 12.0. The molecule has 2 aliphatic rings. The number of ether oxygens (including phenoxy) is 2. The van der Waals surface area contributed by atoms with Crippen LogP contribution >= 0.6 is 0 Å². The standard InChI is InChI=1S/C27H35N3O3/c1-32-25-9-5-6-10-26(25)33-20-24(31)19-29-15-17-30(18-16-29)23-11-13-27(21-28,14-12-23)22-7-3-2-4-8-22/h2-10,23-24,31H,11-20H2,1H3. The van der Waals surface area contributed by atoms with Crippen LogP contribution < -0.4 is 9.47 Å². The van der Waals surface area contributed by atoms with Crippen molar-refractivity contribution in [3.63, 3.8) is 0 Å². The number of para-hydroxylation sites is 2. The minimum atomic E-state index is -0.543. The molecular formula is C27H35N3O3. The first kappa shape index (κ1) is 23.6. The fraction of sp³-hybridized carbons (Fsp3) is 0.519. The van der Waals surface area contributed by atoms with Gasteiger partial charge in [0.15, 0.2) is 11.5 Å². The average Bonchev–Trinajstić information content (AvgIpc) is 2.88. The maximum atomic E-state index is 10.5. The highest BCUT2D eigenvalue weighted by atomic mass is 16.5. The van der Waals surface area contributed by atoms with Gasteiger partial charge in [-0.05, 0) is 43.4 Å². The lowest BCUT2D eigenvalue weighted by molar-refractivity contribution is 0.0282. The summed E-state index contributed by atoms with van der Waals surface area (Å²) >= 11 is 0. The fourth-order valence-electron chi connectivity index (χ4n) is 5.27. The topological polar surface area (TPSA) is 69.0 Å². The van der Waals surface area contributed by atoms with Crippen molar-refractivity contribution in [1.29, 1.82) is 5.26 Å². The quantitative estimate of drug-likeness (QED) is 0.666. The maximum Gasteiger partial charge on any atom is 0.161 e. The summed E-state index contributed by atoms with van der Waals surface area (Å²) in [6, 6.07) is 21.0. The van der Waals surface area contributed by atoms with Gasteiger partial charge in [0, 0.05) is 38.8 Å². The number of hydrogen-bond donors (Lipinski definition) is 1. The number of β-amino-alcohol motifs (C(OH)–C–C–N with tert-alkyl or cyclic N) is 1. The second-order valence-corrected chi connectivity index (χ2v) is 9.24. The van der Waals surface area contributed by atoms with E-state index in [1.165, 1.54) is 5.56 Å². The number of aliphatic hydroxyl groups excluding tert-OH is 1. The van der Waals surface area contributed by atoms with Crippen LogP contribution in [0.25, 0.3) is 0 Å². The van der Waals surface area contributed by atoms with E-state index in [0.717, 1.165) is 51.9 Å². The zero-order valence-corrected chi connectivity index (χ0v) is 19.5. The fourth-order valence-corrected chi connectivity index (χ4v) is 5.27. The monoisotopic (exact) mass is 449 g/mol. The van der Waals surface area contributed by atoms with E-state index in [4.69, 9.17) is 9.47 Å². The summed E-state index contributed by atoms with van der Waals surface area (Å²) in [5.74, 6) is 1.34. The molecule has 2 fully saturated rings. The molecule has 0 spiro atoms. The summed E-state index contributed by atoms with van der Waals surface area (Å²) in [6.45, 7) is 4.78. The number of rotatable bonds is 8. The predicted octanol–water partition coefficient (Wildman–Crippen LogP) is 3.46. The molecule has 6 nitrogen and oxygen atoms in total. The zero-order chi connectivity index (χ0) is 23.1. The van der Waals surface area contributed by atoms with E-state index in [0.29, 0.717) is 24.1 Å². The molecular weight excluding hydrogens is 414 g/mol. The van der Waals surface area contributed by atoms with Crippen LogP contribution in [0.2, 0.25) is 0 Å². The Hall–Kier alpha value is -2.59. The van der Waals surface area contributed by atoms with Gasteiger partial charge in [-0.1, -0.05) is 42.5 Å². The van der Waals surface area contributed by atoms with Gasteiger partial charge < -0.3 is 14.6 Å². The van der Waals surface area contributed by atoms with Gasteiger partial charge in [-0.2, -0.15) is 5.26 Å². The van der Waals surface area contributed by atoms with Crippen molar-refractivity contribution in [2.24, 2.45) is 0 Å². The summed E-state index contributed by atoms with van der Waals surface area (Å²) < 4.78 is 11.1. The van der Waals surface area contributed by atoms with Crippen LogP contribution in [-0.2, 0) is 5.41 Å². The van der Waals surface area contributed by atoms with Crippen molar-refractivity contribution in [3.8, 4) is 17.6 Å². The molecule has 1 atom stereocenters. The Labute approximate surface area is 197 Å². The first-order valence-corrected chi connectivity index (χ1v) is 12.0. The van der Waals surface area contributed by atoms with Gasteiger partial charge >= 0.3 is 0 Å². The van der Waals surface area contributed by atoms with E-state index in [1.807, 2.05) is 42.5 Å². The second-order valence-electron chi connectivity index (χ2n) is 9.24. The Morgan fingerprint density at radius 2 is 1.64 bits per heavy atom. The molecule has 0 bridgehead atoms. The molecule has 1 N–H and O–H groups in total. The van der Waals surface area contributed by atoms with Gasteiger partial charge in [-0.25, -0.2) is 0 Å². The van der Waals surface area contributed by atoms with Gasteiger partial charge in [0.2, 0.25) is 0 Å². The molecule has 1 aliphatic carbocycles. The largest absolute Gasteiger partial charge is 0.493 e. The number of nitriles is 1. The Kier molecular flexibility index (Phi) is 7.87. The highest BCUT2D eigenvalue weighted by molar-refractivity contribution is 5.39. The number of nitrogens with zero attached hydrogens (tertiary/aromatic N) is 3. The number of hydrogen-bond acceptors (Lipinski definition) is 6. The predicted molar refractivity (Wildman–Crippen MR) is 128 cm³/mol. The Morgan fingerprint density at radius 1 is 1.00 bits per heavy atom. The maximum absolute atomic E-state index is 10.5. The van der Waals surface area contributed by atoms with Crippen LogP contribution in [0.5, 0.6) is 11.5 Å². The second kappa shape index (κ2) is 11.0. The van der Waals surface area contributed by atoms with E-state index in [2.05, 4.69) is 28.0 Å². The number of benzene rings is 2. The highest BCUT2D eigenvalue weighted by Gasteiger charge is 2.39. The average molecular weight is 450 g/mol. The molecule has 0 amide bonds. The van der Waals surface area contributed by atoms with Gasteiger partial charge in [0.25, 0.3) is 0 Å². The first-order chi connectivity index (χ1) is 16.1.